The van der Waals surface area contributed by atoms with Crippen LogP contribution in [0.1, 0.15) is 20.3 Å². The van der Waals surface area contributed by atoms with Crippen LogP contribution < -0.4 is 15.0 Å². The van der Waals surface area contributed by atoms with Gasteiger partial charge in [0.25, 0.3) is 5.91 Å². The van der Waals surface area contributed by atoms with E-state index in [9.17, 15) is 9.59 Å². The molecule has 0 atom stereocenters. The lowest BCUT2D eigenvalue weighted by Gasteiger charge is -2.36. The van der Waals surface area contributed by atoms with E-state index in [1.807, 2.05) is 59.5 Å². The van der Waals surface area contributed by atoms with Gasteiger partial charge in [0.1, 0.15) is 5.75 Å². The topological polar surface area (TPSA) is 61.9 Å². The van der Waals surface area contributed by atoms with Gasteiger partial charge in [-0.15, -0.1) is 0 Å². The van der Waals surface area contributed by atoms with Gasteiger partial charge < -0.3 is 19.9 Å². The molecule has 0 aromatic heterocycles. The third-order valence-corrected chi connectivity index (χ3v) is 4.84. The summed E-state index contributed by atoms with van der Waals surface area (Å²) in [5.41, 5.74) is 1.83. The fourth-order valence-electron chi connectivity index (χ4n) is 3.31. The quantitative estimate of drug-likeness (QED) is 0.781. The molecule has 0 saturated carbocycles. The van der Waals surface area contributed by atoms with E-state index in [2.05, 4.69) is 24.1 Å². The maximum Gasteiger partial charge on any atom is 0.262 e. The van der Waals surface area contributed by atoms with Crippen LogP contribution in [0.5, 0.6) is 5.75 Å². The highest BCUT2D eigenvalue weighted by molar-refractivity contribution is 5.92. The smallest absolute Gasteiger partial charge is 0.262 e. The van der Waals surface area contributed by atoms with Gasteiger partial charge in [0, 0.05) is 44.0 Å². The van der Waals surface area contributed by atoms with Gasteiger partial charge in [-0.1, -0.05) is 32.0 Å². The van der Waals surface area contributed by atoms with Crippen LogP contribution >= 0.6 is 0 Å². The first kappa shape index (κ1) is 20.7. The Morgan fingerprint density at radius 3 is 2.24 bits per heavy atom. The van der Waals surface area contributed by atoms with E-state index in [-0.39, 0.29) is 18.4 Å². The van der Waals surface area contributed by atoms with Gasteiger partial charge in [-0.05, 0) is 42.3 Å². The standard InChI is InChI=1S/C23H29N3O3/c1-18(2)16-23(28)26-14-12-25(13-15-26)20-10-8-19(9-11-20)24-22(27)17-29-21-6-4-3-5-7-21/h3-11,18H,12-17H2,1-2H3,(H,24,27). The molecule has 1 heterocycles. The summed E-state index contributed by atoms with van der Waals surface area (Å²) in [6.07, 6.45) is 0.613. The summed E-state index contributed by atoms with van der Waals surface area (Å²) in [5.74, 6) is 1.11. The van der Waals surface area contributed by atoms with Crippen molar-refractivity contribution in [2.24, 2.45) is 5.92 Å². The summed E-state index contributed by atoms with van der Waals surface area (Å²) in [5, 5.41) is 2.85. The number of carbonyl (C=O) groups excluding carboxylic acids is 2. The van der Waals surface area contributed by atoms with Crippen LogP contribution in [0.3, 0.4) is 0 Å². The van der Waals surface area contributed by atoms with Crippen LogP contribution in [-0.4, -0.2) is 49.5 Å². The van der Waals surface area contributed by atoms with Crippen LogP contribution in [0, 0.1) is 5.92 Å². The Bertz CT molecular complexity index is 798. The van der Waals surface area contributed by atoms with Crippen LogP contribution in [-0.2, 0) is 9.59 Å². The van der Waals surface area contributed by atoms with Crippen LogP contribution in [0.25, 0.3) is 0 Å². The molecular weight excluding hydrogens is 366 g/mol. The van der Waals surface area contributed by atoms with E-state index in [4.69, 9.17) is 4.74 Å². The maximum atomic E-state index is 12.2. The summed E-state index contributed by atoms with van der Waals surface area (Å²) in [7, 11) is 0. The highest BCUT2D eigenvalue weighted by Gasteiger charge is 2.21. The molecule has 29 heavy (non-hydrogen) atoms. The molecule has 2 aromatic rings. The summed E-state index contributed by atoms with van der Waals surface area (Å²) in [4.78, 5) is 28.5. The van der Waals surface area contributed by atoms with Crippen molar-refractivity contribution in [1.82, 2.24) is 4.90 Å². The molecule has 0 spiro atoms. The molecule has 1 aliphatic rings. The van der Waals surface area contributed by atoms with Crippen molar-refractivity contribution < 1.29 is 14.3 Å². The molecule has 6 heteroatoms. The molecule has 154 valence electrons. The van der Waals surface area contributed by atoms with Crippen molar-refractivity contribution in [3.8, 4) is 5.75 Å². The van der Waals surface area contributed by atoms with Crippen molar-refractivity contribution in [2.75, 3.05) is 43.0 Å². The first-order valence-corrected chi connectivity index (χ1v) is 10.1. The molecule has 0 unspecified atom stereocenters. The molecule has 0 aliphatic carbocycles. The van der Waals surface area contributed by atoms with Crippen molar-refractivity contribution in [3.63, 3.8) is 0 Å². The number of benzene rings is 2. The number of nitrogens with one attached hydrogen (secondary N) is 1. The van der Waals surface area contributed by atoms with E-state index in [0.717, 1.165) is 37.6 Å². The summed E-state index contributed by atoms with van der Waals surface area (Å²) >= 11 is 0. The Morgan fingerprint density at radius 1 is 0.966 bits per heavy atom. The molecule has 1 fully saturated rings. The largest absolute Gasteiger partial charge is 0.484 e. The highest BCUT2D eigenvalue weighted by Crippen LogP contribution is 2.20. The molecular formula is C23H29N3O3. The van der Waals surface area contributed by atoms with Crippen LogP contribution in [0.15, 0.2) is 54.6 Å². The van der Waals surface area contributed by atoms with Crippen LogP contribution in [0.4, 0.5) is 11.4 Å². The van der Waals surface area contributed by atoms with Gasteiger partial charge in [-0.25, -0.2) is 0 Å². The zero-order chi connectivity index (χ0) is 20.6. The SMILES string of the molecule is CC(C)CC(=O)N1CCN(c2ccc(NC(=O)COc3ccccc3)cc2)CC1. The van der Waals surface area contributed by atoms with Crippen molar-refractivity contribution >= 4 is 23.2 Å². The van der Waals surface area contributed by atoms with Gasteiger partial charge in [0.15, 0.2) is 6.61 Å². The molecule has 1 N–H and O–H groups in total. The number of carbonyl (C=O) groups is 2. The first-order valence-electron chi connectivity index (χ1n) is 10.1. The Hall–Kier alpha value is -3.02. The summed E-state index contributed by atoms with van der Waals surface area (Å²) in [6, 6.07) is 17.1. The lowest BCUT2D eigenvalue weighted by molar-refractivity contribution is -0.132. The van der Waals surface area contributed by atoms with E-state index < -0.39 is 0 Å². The molecule has 0 bridgehead atoms. The third kappa shape index (κ3) is 6.24. The number of anilines is 2. The second-order valence-electron chi connectivity index (χ2n) is 7.66. The molecule has 2 amide bonds. The van der Waals surface area contributed by atoms with E-state index in [1.54, 1.807) is 0 Å². The third-order valence-electron chi connectivity index (χ3n) is 4.84. The molecule has 2 aromatic carbocycles. The molecule has 3 rings (SSSR count). The average Bonchev–Trinajstić information content (AvgIpc) is 2.73. The van der Waals surface area contributed by atoms with Crippen molar-refractivity contribution in [2.45, 2.75) is 20.3 Å². The predicted octanol–water partition coefficient (Wildman–Crippen LogP) is 3.40. The van der Waals surface area contributed by atoms with Gasteiger partial charge in [0.2, 0.25) is 5.91 Å². The molecule has 1 aliphatic heterocycles. The predicted molar refractivity (Wildman–Crippen MR) is 115 cm³/mol. The summed E-state index contributed by atoms with van der Waals surface area (Å²) in [6.45, 7) is 7.26. The van der Waals surface area contributed by atoms with E-state index in [1.165, 1.54) is 0 Å². The van der Waals surface area contributed by atoms with Gasteiger partial charge >= 0.3 is 0 Å². The minimum absolute atomic E-state index is 0.0296. The van der Waals surface area contributed by atoms with Gasteiger partial charge in [0.05, 0.1) is 0 Å². The minimum Gasteiger partial charge on any atom is -0.484 e. The lowest BCUT2D eigenvalue weighted by atomic mass is 10.1. The Morgan fingerprint density at radius 2 is 1.62 bits per heavy atom. The van der Waals surface area contributed by atoms with Gasteiger partial charge in [-0.2, -0.15) is 0 Å². The number of para-hydroxylation sites is 1. The summed E-state index contributed by atoms with van der Waals surface area (Å²) < 4.78 is 5.46. The second kappa shape index (κ2) is 9.96. The Balaban J connectivity index is 1.45. The number of hydrogen-bond donors (Lipinski definition) is 1. The minimum atomic E-state index is -0.195. The fraction of sp³-hybridized carbons (Fsp3) is 0.391. The average molecular weight is 396 g/mol. The van der Waals surface area contributed by atoms with Crippen molar-refractivity contribution in [3.05, 3.63) is 54.6 Å². The van der Waals surface area contributed by atoms with Crippen molar-refractivity contribution in [1.29, 1.82) is 0 Å². The van der Waals surface area contributed by atoms with E-state index in [0.29, 0.717) is 18.1 Å². The highest BCUT2D eigenvalue weighted by atomic mass is 16.5. The Labute approximate surface area is 172 Å². The lowest BCUT2D eigenvalue weighted by Crippen LogP contribution is -2.49. The second-order valence-corrected chi connectivity index (χ2v) is 7.66. The Kier molecular flexibility index (Phi) is 7.11. The monoisotopic (exact) mass is 395 g/mol. The number of piperazine rings is 1. The maximum absolute atomic E-state index is 12.2. The number of nitrogens with zero attached hydrogens (tertiary/aromatic N) is 2. The number of ether oxygens (including phenoxy) is 1. The normalized spacial score (nSPS) is 14.0. The van der Waals surface area contributed by atoms with E-state index >= 15 is 0 Å². The molecule has 1 saturated heterocycles. The van der Waals surface area contributed by atoms with Crippen LogP contribution in [0.2, 0.25) is 0 Å². The van der Waals surface area contributed by atoms with Gasteiger partial charge in [-0.3, -0.25) is 9.59 Å². The number of amides is 2. The zero-order valence-corrected chi connectivity index (χ0v) is 17.1. The molecule has 6 nitrogen and oxygen atoms in total. The zero-order valence-electron chi connectivity index (χ0n) is 17.1. The fourth-order valence-corrected chi connectivity index (χ4v) is 3.31. The number of rotatable bonds is 7. The number of hydrogen-bond acceptors (Lipinski definition) is 4. The molecule has 0 radical (unpaired) electrons. The first-order chi connectivity index (χ1) is 14.0.